The van der Waals surface area contributed by atoms with Crippen LogP contribution in [0.2, 0.25) is 0 Å². The SMILES string of the molecule is CCC(C)C(C)=O.CCC(C)C(C)O. The minimum absolute atomic E-state index is 0.134. The number of carbonyl (C=O) groups is 1. The van der Waals surface area contributed by atoms with Gasteiger partial charge in [-0.2, -0.15) is 0 Å². The molecule has 0 fully saturated rings. The molecule has 0 rings (SSSR count). The Labute approximate surface area is 88.7 Å². The van der Waals surface area contributed by atoms with Crippen LogP contribution in [0.3, 0.4) is 0 Å². The molecule has 3 unspecified atom stereocenters. The monoisotopic (exact) mass is 202 g/mol. The fourth-order valence-electron chi connectivity index (χ4n) is 0.629. The van der Waals surface area contributed by atoms with Gasteiger partial charge in [0.15, 0.2) is 0 Å². The first kappa shape index (κ1) is 16.1. The van der Waals surface area contributed by atoms with Gasteiger partial charge in [0.1, 0.15) is 5.78 Å². The molecule has 0 spiro atoms. The van der Waals surface area contributed by atoms with Gasteiger partial charge in [-0.3, -0.25) is 4.79 Å². The van der Waals surface area contributed by atoms with Gasteiger partial charge in [-0.25, -0.2) is 0 Å². The van der Waals surface area contributed by atoms with Crippen LogP contribution in [0.4, 0.5) is 0 Å². The van der Waals surface area contributed by atoms with Crippen LogP contribution < -0.4 is 0 Å². The summed E-state index contributed by atoms with van der Waals surface area (Å²) in [4.78, 5) is 10.4. The standard InChI is InChI=1S/C6H14O.C6H12O/c2*1-4-5(2)6(3)7/h5-7H,4H2,1-3H3;5H,4H2,1-3H3. The Balaban J connectivity index is 0. The van der Waals surface area contributed by atoms with E-state index in [0.29, 0.717) is 11.7 Å². The van der Waals surface area contributed by atoms with Crippen molar-refractivity contribution in [3.05, 3.63) is 0 Å². The zero-order chi connectivity index (χ0) is 11.7. The van der Waals surface area contributed by atoms with Crippen LogP contribution >= 0.6 is 0 Å². The van der Waals surface area contributed by atoms with E-state index in [0.717, 1.165) is 12.8 Å². The average molecular weight is 202 g/mol. The quantitative estimate of drug-likeness (QED) is 0.761. The van der Waals surface area contributed by atoms with E-state index in [1.165, 1.54) is 0 Å². The fourth-order valence-corrected chi connectivity index (χ4v) is 0.629. The first-order valence-electron chi connectivity index (χ1n) is 5.55. The molecule has 0 aromatic heterocycles. The van der Waals surface area contributed by atoms with Gasteiger partial charge >= 0.3 is 0 Å². The highest BCUT2D eigenvalue weighted by Gasteiger charge is 2.03. The number of rotatable bonds is 4. The van der Waals surface area contributed by atoms with Crippen LogP contribution in [-0.2, 0) is 4.79 Å². The lowest BCUT2D eigenvalue weighted by atomic mass is 10.0. The largest absolute Gasteiger partial charge is 0.393 e. The number of carbonyl (C=O) groups excluding carboxylic acids is 1. The molecule has 14 heavy (non-hydrogen) atoms. The predicted molar refractivity (Wildman–Crippen MR) is 61.3 cm³/mol. The first-order chi connectivity index (χ1) is 6.36. The van der Waals surface area contributed by atoms with Gasteiger partial charge < -0.3 is 5.11 Å². The van der Waals surface area contributed by atoms with Crippen molar-refractivity contribution >= 4 is 5.78 Å². The van der Waals surface area contributed by atoms with Crippen molar-refractivity contribution in [1.29, 1.82) is 0 Å². The zero-order valence-corrected chi connectivity index (χ0v) is 10.5. The van der Waals surface area contributed by atoms with Gasteiger partial charge in [0.05, 0.1) is 6.10 Å². The molecule has 0 saturated carbocycles. The zero-order valence-electron chi connectivity index (χ0n) is 10.5. The van der Waals surface area contributed by atoms with Crippen LogP contribution in [0.25, 0.3) is 0 Å². The lowest BCUT2D eigenvalue weighted by Gasteiger charge is -2.09. The Morgan fingerprint density at radius 3 is 1.57 bits per heavy atom. The van der Waals surface area contributed by atoms with Gasteiger partial charge in [-0.05, 0) is 26.2 Å². The highest BCUT2D eigenvalue weighted by molar-refractivity contribution is 5.77. The molecule has 0 aromatic carbocycles. The van der Waals surface area contributed by atoms with Gasteiger partial charge in [0.2, 0.25) is 0 Å². The van der Waals surface area contributed by atoms with E-state index in [2.05, 4.69) is 6.92 Å². The third-order valence-corrected chi connectivity index (χ3v) is 2.77. The van der Waals surface area contributed by atoms with Crippen LogP contribution in [0.15, 0.2) is 0 Å². The Hall–Kier alpha value is -0.370. The second kappa shape index (κ2) is 9.20. The van der Waals surface area contributed by atoms with E-state index in [9.17, 15) is 4.79 Å². The number of aliphatic hydroxyl groups excluding tert-OH is 1. The number of hydrogen-bond acceptors (Lipinski definition) is 2. The predicted octanol–water partition coefficient (Wildman–Crippen LogP) is 3.03. The molecular formula is C12H26O2. The van der Waals surface area contributed by atoms with E-state index in [1.54, 1.807) is 6.92 Å². The molecule has 2 nitrogen and oxygen atoms in total. The van der Waals surface area contributed by atoms with Crippen molar-refractivity contribution in [3.63, 3.8) is 0 Å². The topological polar surface area (TPSA) is 37.3 Å². The maximum atomic E-state index is 10.4. The molecule has 3 atom stereocenters. The van der Waals surface area contributed by atoms with Gasteiger partial charge in [0, 0.05) is 5.92 Å². The number of Topliss-reactive ketones (excluding diaryl/α,β-unsaturated/α-hetero) is 1. The van der Waals surface area contributed by atoms with Crippen molar-refractivity contribution in [2.45, 2.75) is 60.5 Å². The summed E-state index contributed by atoms with van der Waals surface area (Å²) in [6.07, 6.45) is 1.90. The van der Waals surface area contributed by atoms with E-state index in [4.69, 9.17) is 5.11 Å². The summed E-state index contributed by atoms with van der Waals surface area (Å²) in [5.41, 5.74) is 0. The molecule has 0 radical (unpaired) electrons. The van der Waals surface area contributed by atoms with E-state index >= 15 is 0 Å². The molecule has 2 heteroatoms. The Morgan fingerprint density at radius 2 is 1.57 bits per heavy atom. The van der Waals surface area contributed by atoms with E-state index in [-0.39, 0.29) is 12.0 Å². The number of hydrogen-bond donors (Lipinski definition) is 1. The minimum Gasteiger partial charge on any atom is -0.393 e. The smallest absolute Gasteiger partial charge is 0.132 e. The third-order valence-electron chi connectivity index (χ3n) is 2.77. The Bertz CT molecular complexity index is 141. The van der Waals surface area contributed by atoms with E-state index < -0.39 is 0 Å². The summed E-state index contributed by atoms with van der Waals surface area (Å²) < 4.78 is 0. The van der Waals surface area contributed by atoms with Crippen LogP contribution in [0.5, 0.6) is 0 Å². The summed E-state index contributed by atoms with van der Waals surface area (Å²) >= 11 is 0. The minimum atomic E-state index is -0.134. The number of aliphatic hydroxyl groups is 1. The highest BCUT2D eigenvalue weighted by atomic mass is 16.3. The normalized spacial score (nSPS) is 16.2. The summed E-state index contributed by atoms with van der Waals surface area (Å²) in [5.74, 6) is 1.02. The van der Waals surface area contributed by atoms with Gasteiger partial charge in [0.25, 0.3) is 0 Å². The molecule has 0 bridgehead atoms. The molecule has 0 aromatic rings. The molecule has 0 aliphatic carbocycles. The lowest BCUT2D eigenvalue weighted by Crippen LogP contribution is -2.10. The summed E-state index contributed by atoms with van der Waals surface area (Å²) in [6.45, 7) is 11.6. The first-order valence-corrected chi connectivity index (χ1v) is 5.55. The summed E-state index contributed by atoms with van der Waals surface area (Å²) in [5, 5.41) is 8.82. The van der Waals surface area contributed by atoms with Crippen molar-refractivity contribution in [2.75, 3.05) is 0 Å². The second-order valence-corrected chi connectivity index (χ2v) is 4.05. The molecule has 0 saturated heterocycles. The van der Waals surface area contributed by atoms with Crippen molar-refractivity contribution in [2.24, 2.45) is 11.8 Å². The van der Waals surface area contributed by atoms with E-state index in [1.807, 2.05) is 27.7 Å². The fraction of sp³-hybridized carbons (Fsp3) is 0.917. The molecule has 0 aliphatic rings. The maximum Gasteiger partial charge on any atom is 0.132 e. The Morgan fingerprint density at radius 1 is 1.14 bits per heavy atom. The van der Waals surface area contributed by atoms with Crippen LogP contribution in [0.1, 0.15) is 54.4 Å². The Kier molecular flexibility index (Phi) is 10.6. The number of ketones is 1. The molecule has 0 heterocycles. The highest BCUT2D eigenvalue weighted by Crippen LogP contribution is 2.04. The van der Waals surface area contributed by atoms with Crippen molar-refractivity contribution < 1.29 is 9.90 Å². The van der Waals surface area contributed by atoms with Crippen LogP contribution in [0, 0.1) is 11.8 Å². The van der Waals surface area contributed by atoms with Crippen LogP contribution in [-0.4, -0.2) is 17.0 Å². The molecule has 1 N–H and O–H groups in total. The second-order valence-electron chi connectivity index (χ2n) is 4.05. The van der Waals surface area contributed by atoms with Gasteiger partial charge in [-0.1, -0.05) is 34.1 Å². The third kappa shape index (κ3) is 9.72. The summed E-state index contributed by atoms with van der Waals surface area (Å²) in [6, 6.07) is 0. The average Bonchev–Trinajstić information content (AvgIpc) is 2.15. The summed E-state index contributed by atoms with van der Waals surface area (Å²) in [7, 11) is 0. The lowest BCUT2D eigenvalue weighted by molar-refractivity contribution is -0.120. The van der Waals surface area contributed by atoms with Gasteiger partial charge in [-0.15, -0.1) is 0 Å². The maximum absolute atomic E-state index is 10.4. The molecule has 0 aliphatic heterocycles. The van der Waals surface area contributed by atoms with Crippen molar-refractivity contribution in [1.82, 2.24) is 0 Å². The van der Waals surface area contributed by atoms with Crippen molar-refractivity contribution in [3.8, 4) is 0 Å². The molecule has 86 valence electrons. The molecular weight excluding hydrogens is 176 g/mol. The molecule has 0 amide bonds.